The number of hydrogen-bond acceptors (Lipinski definition) is 3. The molecule has 74 valence electrons. The number of methoxy groups -OCH3 is 1. The number of ether oxygens (including phenoxy) is 1. The second kappa shape index (κ2) is 3.42. The predicted octanol–water partition coefficient (Wildman–Crippen LogP) is 2.06. The molecule has 0 bridgehead atoms. The van der Waals surface area contributed by atoms with Gasteiger partial charge in [-0.2, -0.15) is 0 Å². The number of aromatic hydroxyl groups is 1. The fraction of sp³-hybridized carbons (Fsp3) is 0.364. The molecule has 0 fully saturated rings. The van der Waals surface area contributed by atoms with E-state index in [-0.39, 0.29) is 17.6 Å². The Labute approximate surface area is 82.3 Å². The minimum Gasteiger partial charge on any atom is -0.507 e. The van der Waals surface area contributed by atoms with Crippen molar-refractivity contribution in [1.82, 2.24) is 0 Å². The topological polar surface area (TPSA) is 46.5 Å². The summed E-state index contributed by atoms with van der Waals surface area (Å²) in [4.78, 5) is 11.6. The van der Waals surface area contributed by atoms with Crippen LogP contribution < -0.4 is 0 Å². The lowest BCUT2D eigenvalue weighted by molar-refractivity contribution is 0.0733. The van der Waals surface area contributed by atoms with Gasteiger partial charge >= 0.3 is 0 Å². The van der Waals surface area contributed by atoms with Gasteiger partial charge in [-0.3, -0.25) is 4.79 Å². The number of Topliss-reactive ketones (excluding diaryl/α,β-unsaturated/α-hetero) is 1. The molecule has 1 N–H and O–H groups in total. The van der Waals surface area contributed by atoms with Gasteiger partial charge in [0.05, 0.1) is 11.7 Å². The van der Waals surface area contributed by atoms with Crippen LogP contribution in [0.1, 0.15) is 34.9 Å². The number of rotatable bonds is 1. The SMILES string of the molecule is CO[C@H]1CCC(=O)c2c(O)cccc21. The maximum Gasteiger partial charge on any atom is 0.167 e. The molecule has 0 saturated heterocycles. The molecule has 0 aliphatic heterocycles. The zero-order valence-electron chi connectivity index (χ0n) is 7.99. The van der Waals surface area contributed by atoms with Gasteiger partial charge in [-0.05, 0) is 18.1 Å². The first-order valence-electron chi connectivity index (χ1n) is 4.62. The van der Waals surface area contributed by atoms with Crippen LogP contribution >= 0.6 is 0 Å². The maximum atomic E-state index is 11.6. The summed E-state index contributed by atoms with van der Waals surface area (Å²) in [5.74, 6) is 0.0700. The van der Waals surface area contributed by atoms with E-state index in [0.717, 1.165) is 5.56 Å². The lowest BCUT2D eigenvalue weighted by Crippen LogP contribution is -2.16. The van der Waals surface area contributed by atoms with Crippen molar-refractivity contribution in [3.63, 3.8) is 0 Å². The highest BCUT2D eigenvalue weighted by Crippen LogP contribution is 2.36. The van der Waals surface area contributed by atoms with Crippen LogP contribution in [0.25, 0.3) is 0 Å². The zero-order chi connectivity index (χ0) is 10.1. The summed E-state index contributed by atoms with van der Waals surface area (Å²) in [5.41, 5.74) is 1.24. The van der Waals surface area contributed by atoms with Gasteiger partial charge in [0.1, 0.15) is 5.75 Å². The average Bonchev–Trinajstić information content (AvgIpc) is 2.18. The smallest absolute Gasteiger partial charge is 0.167 e. The molecule has 0 aromatic heterocycles. The summed E-state index contributed by atoms with van der Waals surface area (Å²) >= 11 is 0. The lowest BCUT2D eigenvalue weighted by atomic mass is 9.88. The Morgan fingerprint density at radius 1 is 1.50 bits per heavy atom. The molecular formula is C11H12O3. The van der Waals surface area contributed by atoms with Crippen LogP contribution in [0.4, 0.5) is 0 Å². The van der Waals surface area contributed by atoms with Crippen molar-refractivity contribution in [3.05, 3.63) is 29.3 Å². The molecule has 0 unspecified atom stereocenters. The first-order chi connectivity index (χ1) is 6.74. The summed E-state index contributed by atoms with van der Waals surface area (Å²) in [6.45, 7) is 0. The highest BCUT2D eigenvalue weighted by atomic mass is 16.5. The minimum absolute atomic E-state index is 0.00593. The van der Waals surface area contributed by atoms with Crippen LogP contribution in [0.3, 0.4) is 0 Å². The highest BCUT2D eigenvalue weighted by molar-refractivity contribution is 6.01. The average molecular weight is 192 g/mol. The third-order valence-corrected chi connectivity index (χ3v) is 2.62. The van der Waals surface area contributed by atoms with Crippen LogP contribution in [0.2, 0.25) is 0 Å². The molecule has 0 spiro atoms. The number of carbonyl (C=O) groups excluding carboxylic acids is 1. The summed E-state index contributed by atoms with van der Waals surface area (Å²) in [7, 11) is 1.62. The molecule has 14 heavy (non-hydrogen) atoms. The predicted molar refractivity (Wildman–Crippen MR) is 51.4 cm³/mol. The number of hydrogen-bond donors (Lipinski definition) is 1. The quantitative estimate of drug-likeness (QED) is 0.740. The van der Waals surface area contributed by atoms with Gasteiger partial charge in [0, 0.05) is 13.5 Å². The van der Waals surface area contributed by atoms with E-state index in [1.54, 1.807) is 13.2 Å². The van der Waals surface area contributed by atoms with Gasteiger partial charge in [-0.25, -0.2) is 0 Å². The normalized spacial score (nSPS) is 20.6. The molecule has 2 rings (SSSR count). The Hall–Kier alpha value is -1.35. The molecule has 3 heteroatoms. The van der Waals surface area contributed by atoms with Gasteiger partial charge in [0.2, 0.25) is 0 Å². The number of carbonyl (C=O) groups is 1. The van der Waals surface area contributed by atoms with E-state index >= 15 is 0 Å². The van der Waals surface area contributed by atoms with Crippen molar-refractivity contribution in [2.24, 2.45) is 0 Å². The van der Waals surface area contributed by atoms with E-state index in [4.69, 9.17) is 4.74 Å². The lowest BCUT2D eigenvalue weighted by Gasteiger charge is -2.23. The highest BCUT2D eigenvalue weighted by Gasteiger charge is 2.27. The van der Waals surface area contributed by atoms with E-state index in [1.807, 2.05) is 6.07 Å². The summed E-state index contributed by atoms with van der Waals surface area (Å²) in [5, 5.41) is 9.56. The fourth-order valence-electron chi connectivity index (χ4n) is 1.92. The van der Waals surface area contributed by atoms with E-state index in [1.165, 1.54) is 6.07 Å². The van der Waals surface area contributed by atoms with Gasteiger partial charge in [-0.15, -0.1) is 0 Å². The Bertz CT molecular complexity index is 371. The largest absolute Gasteiger partial charge is 0.507 e. The Balaban J connectivity index is 2.56. The van der Waals surface area contributed by atoms with E-state index < -0.39 is 0 Å². The molecule has 0 radical (unpaired) electrons. The molecule has 1 atom stereocenters. The van der Waals surface area contributed by atoms with Crippen LogP contribution in [0, 0.1) is 0 Å². The van der Waals surface area contributed by atoms with Crippen LogP contribution in [-0.4, -0.2) is 18.0 Å². The molecular weight excluding hydrogens is 180 g/mol. The molecule has 0 heterocycles. The van der Waals surface area contributed by atoms with Crippen LogP contribution in [0.5, 0.6) is 5.75 Å². The summed E-state index contributed by atoms with van der Waals surface area (Å²) in [6.07, 6.45) is 1.09. The fourth-order valence-corrected chi connectivity index (χ4v) is 1.92. The van der Waals surface area contributed by atoms with E-state index in [2.05, 4.69) is 0 Å². The molecule has 1 aromatic carbocycles. The molecule has 0 saturated carbocycles. The first-order valence-corrected chi connectivity index (χ1v) is 4.62. The third-order valence-electron chi connectivity index (χ3n) is 2.62. The van der Waals surface area contributed by atoms with Crippen LogP contribution in [-0.2, 0) is 4.74 Å². The van der Waals surface area contributed by atoms with Crippen molar-refractivity contribution >= 4 is 5.78 Å². The Morgan fingerprint density at radius 2 is 2.29 bits per heavy atom. The number of fused-ring (bicyclic) bond motifs is 1. The van der Waals surface area contributed by atoms with Gasteiger partial charge < -0.3 is 9.84 Å². The number of ketones is 1. The second-order valence-electron chi connectivity index (χ2n) is 3.43. The monoisotopic (exact) mass is 192 g/mol. The van der Waals surface area contributed by atoms with Crippen molar-refractivity contribution < 1.29 is 14.6 Å². The molecule has 1 aliphatic carbocycles. The maximum absolute atomic E-state index is 11.6. The number of phenols is 1. The second-order valence-corrected chi connectivity index (χ2v) is 3.43. The molecule has 3 nitrogen and oxygen atoms in total. The minimum atomic E-state index is -0.0604. The first kappa shape index (κ1) is 9.21. The van der Waals surface area contributed by atoms with Gasteiger partial charge in [0.25, 0.3) is 0 Å². The molecule has 1 aliphatic rings. The zero-order valence-corrected chi connectivity index (χ0v) is 7.99. The van der Waals surface area contributed by atoms with Crippen molar-refractivity contribution in [3.8, 4) is 5.75 Å². The number of benzene rings is 1. The number of phenolic OH excluding ortho intramolecular Hbond substituents is 1. The molecule has 0 amide bonds. The summed E-state index contributed by atoms with van der Waals surface area (Å²) < 4.78 is 5.26. The van der Waals surface area contributed by atoms with E-state index in [0.29, 0.717) is 18.4 Å². The third kappa shape index (κ3) is 1.30. The van der Waals surface area contributed by atoms with Crippen molar-refractivity contribution in [2.45, 2.75) is 18.9 Å². The van der Waals surface area contributed by atoms with Crippen molar-refractivity contribution in [1.29, 1.82) is 0 Å². The standard InChI is InChI=1S/C11H12O3/c1-14-10-6-5-9(13)11-7(10)3-2-4-8(11)12/h2-4,10,12H,5-6H2,1H3/t10-/m0/s1. The summed E-state index contributed by atoms with van der Waals surface area (Å²) in [6, 6.07) is 5.10. The van der Waals surface area contributed by atoms with Gasteiger partial charge in [-0.1, -0.05) is 12.1 Å². The van der Waals surface area contributed by atoms with Crippen LogP contribution in [0.15, 0.2) is 18.2 Å². The van der Waals surface area contributed by atoms with Gasteiger partial charge in [0.15, 0.2) is 5.78 Å². The Kier molecular flexibility index (Phi) is 2.25. The Morgan fingerprint density at radius 3 is 3.00 bits per heavy atom. The van der Waals surface area contributed by atoms with Crippen molar-refractivity contribution in [2.75, 3.05) is 7.11 Å². The van der Waals surface area contributed by atoms with E-state index in [9.17, 15) is 9.90 Å². The molecule has 1 aromatic rings.